The number of nitrogens with zero attached hydrogens (tertiary/aromatic N) is 4. The largest absolute Gasteiger partial charge is 0.247 e. The van der Waals surface area contributed by atoms with Crippen molar-refractivity contribution in [3.8, 4) is 0 Å². The fourth-order valence-corrected chi connectivity index (χ4v) is 3.90. The molecule has 1 aromatic carbocycles. The first kappa shape index (κ1) is 13.0. The van der Waals surface area contributed by atoms with Gasteiger partial charge in [0.15, 0.2) is 5.82 Å². The maximum atomic E-state index is 4.30. The van der Waals surface area contributed by atoms with Crippen molar-refractivity contribution in [3.05, 3.63) is 41.7 Å². The number of hydrogen-bond acceptors (Lipinski definition) is 4. The summed E-state index contributed by atoms with van der Waals surface area (Å²) in [5.41, 5.74) is 1.16. The zero-order chi connectivity index (χ0) is 13.3. The van der Waals surface area contributed by atoms with Crippen molar-refractivity contribution >= 4 is 22.9 Å². The molecular formula is C13H16IN5. The van der Waals surface area contributed by atoms with Gasteiger partial charge in [0.1, 0.15) is 0 Å². The van der Waals surface area contributed by atoms with Crippen LogP contribution >= 0.6 is 22.9 Å². The third kappa shape index (κ3) is 2.16. The van der Waals surface area contributed by atoms with E-state index in [4.69, 9.17) is 0 Å². The molecule has 1 aliphatic rings. The first-order chi connectivity index (χ1) is 9.23. The lowest BCUT2D eigenvalue weighted by atomic mass is 9.66. The number of H-pyrrole nitrogens is 1. The molecule has 0 aliphatic carbocycles. The number of hydrogen-bond donors (Lipinski definition) is 1. The summed E-state index contributed by atoms with van der Waals surface area (Å²) in [5, 5.41) is 15.0. The molecule has 19 heavy (non-hydrogen) atoms. The summed E-state index contributed by atoms with van der Waals surface area (Å²) in [6.07, 6.45) is 1.01. The minimum Gasteiger partial charge on any atom is -0.247 e. The van der Waals surface area contributed by atoms with E-state index in [9.17, 15) is 0 Å². The predicted octanol–water partition coefficient (Wildman–Crippen LogP) is 2.18. The van der Waals surface area contributed by atoms with Crippen LogP contribution in [-0.4, -0.2) is 36.8 Å². The van der Waals surface area contributed by atoms with Gasteiger partial charge in [-0.1, -0.05) is 42.5 Å². The maximum Gasteiger partial charge on any atom is 0.185 e. The van der Waals surface area contributed by atoms with Crippen molar-refractivity contribution < 1.29 is 0 Å². The van der Waals surface area contributed by atoms with Gasteiger partial charge in [0, 0.05) is 36.0 Å². The van der Waals surface area contributed by atoms with Crippen molar-refractivity contribution in [3.63, 3.8) is 0 Å². The molecule has 0 bridgehead atoms. The number of rotatable bonds is 2. The van der Waals surface area contributed by atoms with Gasteiger partial charge in [0.05, 0.1) is 5.41 Å². The van der Waals surface area contributed by atoms with E-state index in [2.05, 4.69) is 77.8 Å². The maximum absolute atomic E-state index is 4.30. The molecule has 1 aromatic heterocycles. The number of halogens is 1. The Morgan fingerprint density at radius 1 is 1.37 bits per heavy atom. The number of aromatic amines is 1. The van der Waals surface area contributed by atoms with Crippen LogP contribution in [0.5, 0.6) is 0 Å². The lowest BCUT2D eigenvalue weighted by Crippen LogP contribution is -2.47. The summed E-state index contributed by atoms with van der Waals surface area (Å²) >= 11 is 2.40. The Kier molecular flexibility index (Phi) is 3.53. The molecule has 100 valence electrons. The molecule has 0 saturated carbocycles. The molecule has 3 rings (SSSR count). The van der Waals surface area contributed by atoms with Gasteiger partial charge in [-0.15, -0.1) is 10.2 Å². The highest BCUT2D eigenvalue weighted by Crippen LogP contribution is 2.44. The summed E-state index contributed by atoms with van der Waals surface area (Å²) in [6.45, 7) is 4.34. The van der Waals surface area contributed by atoms with E-state index >= 15 is 0 Å². The van der Waals surface area contributed by atoms with E-state index in [1.54, 1.807) is 0 Å². The number of benzene rings is 1. The molecule has 6 heteroatoms. The lowest BCUT2D eigenvalue weighted by molar-refractivity contribution is 0.203. The van der Waals surface area contributed by atoms with E-state index in [0.717, 1.165) is 25.3 Å². The minimum absolute atomic E-state index is 0.129. The average molecular weight is 369 g/mol. The van der Waals surface area contributed by atoms with Crippen molar-refractivity contribution in [1.29, 1.82) is 0 Å². The zero-order valence-corrected chi connectivity index (χ0v) is 12.9. The van der Waals surface area contributed by atoms with Gasteiger partial charge in [0.2, 0.25) is 0 Å². The Balaban J connectivity index is 2.11. The van der Waals surface area contributed by atoms with Gasteiger partial charge >= 0.3 is 0 Å². The monoisotopic (exact) mass is 369 g/mol. The van der Waals surface area contributed by atoms with Crippen LogP contribution in [0.1, 0.15) is 24.7 Å². The second kappa shape index (κ2) is 5.16. The van der Waals surface area contributed by atoms with Crippen LogP contribution < -0.4 is 0 Å². The third-order valence-corrected chi connectivity index (χ3v) is 4.97. The van der Waals surface area contributed by atoms with Crippen molar-refractivity contribution in [2.24, 2.45) is 5.92 Å². The molecule has 1 aliphatic heterocycles. The molecule has 0 amide bonds. The van der Waals surface area contributed by atoms with E-state index in [1.165, 1.54) is 5.56 Å². The summed E-state index contributed by atoms with van der Waals surface area (Å²) in [6, 6.07) is 10.6. The number of tetrazole rings is 1. The molecule has 0 spiro atoms. The van der Waals surface area contributed by atoms with Gasteiger partial charge in [-0.05, 0) is 17.9 Å². The molecule has 0 radical (unpaired) electrons. The third-order valence-electron chi connectivity index (χ3n) is 4.10. The summed E-state index contributed by atoms with van der Waals surface area (Å²) < 4.78 is 2.34. The van der Waals surface area contributed by atoms with Crippen molar-refractivity contribution in [1.82, 2.24) is 23.7 Å². The Labute approximate surface area is 126 Å². The molecule has 1 saturated heterocycles. The standard InChI is InChI=1S/C13H16IN5/c1-10-9-19(14)8-7-13(10,12-15-17-18-16-12)11-5-3-2-4-6-11/h2-6,10H,7-9H2,1H3,(H,15,16,17,18). The first-order valence-corrected chi connectivity index (χ1v) is 7.40. The van der Waals surface area contributed by atoms with Crippen LogP contribution in [0.3, 0.4) is 0 Å². The van der Waals surface area contributed by atoms with Crippen LogP contribution in [0.25, 0.3) is 0 Å². The van der Waals surface area contributed by atoms with E-state index in [0.29, 0.717) is 5.92 Å². The van der Waals surface area contributed by atoms with Gasteiger partial charge in [-0.25, -0.2) is 3.11 Å². The Morgan fingerprint density at radius 2 is 2.16 bits per heavy atom. The molecule has 5 nitrogen and oxygen atoms in total. The van der Waals surface area contributed by atoms with Crippen LogP contribution in [0, 0.1) is 5.92 Å². The number of nitrogens with one attached hydrogen (secondary N) is 1. The van der Waals surface area contributed by atoms with Crippen LogP contribution in [0.2, 0.25) is 0 Å². The van der Waals surface area contributed by atoms with E-state index in [-0.39, 0.29) is 5.41 Å². The first-order valence-electron chi connectivity index (χ1n) is 6.43. The van der Waals surface area contributed by atoms with Gasteiger partial charge < -0.3 is 0 Å². The molecular weight excluding hydrogens is 353 g/mol. The number of aromatic nitrogens is 4. The van der Waals surface area contributed by atoms with E-state index in [1.807, 2.05) is 6.07 Å². The van der Waals surface area contributed by atoms with Gasteiger partial charge in [-0.3, -0.25) is 0 Å². The summed E-state index contributed by atoms with van der Waals surface area (Å²) in [5.74, 6) is 1.26. The quantitative estimate of drug-likeness (QED) is 0.651. The predicted molar refractivity (Wildman–Crippen MR) is 80.8 cm³/mol. The topological polar surface area (TPSA) is 57.7 Å². The fraction of sp³-hybridized carbons (Fsp3) is 0.462. The van der Waals surface area contributed by atoms with Gasteiger partial charge in [0.25, 0.3) is 0 Å². The smallest absolute Gasteiger partial charge is 0.185 e. The minimum atomic E-state index is -0.129. The van der Waals surface area contributed by atoms with Crippen molar-refractivity contribution in [2.75, 3.05) is 13.1 Å². The van der Waals surface area contributed by atoms with Gasteiger partial charge in [-0.2, -0.15) is 5.21 Å². The highest BCUT2D eigenvalue weighted by Gasteiger charge is 2.46. The normalized spacial score (nSPS) is 28.4. The molecule has 2 atom stereocenters. The Bertz CT molecular complexity index is 529. The molecule has 2 aromatic rings. The second-order valence-electron chi connectivity index (χ2n) is 5.09. The molecule has 2 heterocycles. The number of piperidine rings is 1. The summed E-state index contributed by atoms with van der Waals surface area (Å²) in [4.78, 5) is 0. The second-order valence-corrected chi connectivity index (χ2v) is 6.46. The Morgan fingerprint density at radius 3 is 2.79 bits per heavy atom. The SMILES string of the molecule is CC1CN(I)CCC1(c1ccccc1)c1nn[nH]n1. The lowest BCUT2D eigenvalue weighted by Gasteiger charge is -2.43. The van der Waals surface area contributed by atoms with Crippen LogP contribution in [0.15, 0.2) is 30.3 Å². The van der Waals surface area contributed by atoms with Crippen LogP contribution in [0.4, 0.5) is 0 Å². The van der Waals surface area contributed by atoms with E-state index < -0.39 is 0 Å². The zero-order valence-electron chi connectivity index (χ0n) is 10.8. The highest BCUT2D eigenvalue weighted by atomic mass is 127. The van der Waals surface area contributed by atoms with Crippen LogP contribution in [-0.2, 0) is 5.41 Å². The molecule has 2 unspecified atom stereocenters. The highest BCUT2D eigenvalue weighted by molar-refractivity contribution is 14.1. The summed E-state index contributed by atoms with van der Waals surface area (Å²) in [7, 11) is 0. The fourth-order valence-electron chi connectivity index (χ4n) is 3.06. The van der Waals surface area contributed by atoms with Crippen molar-refractivity contribution in [2.45, 2.75) is 18.8 Å². The molecule has 1 fully saturated rings. The Hall–Kier alpha value is -1.02. The average Bonchev–Trinajstić information content (AvgIpc) is 2.95. The molecule has 1 N–H and O–H groups in total.